The summed E-state index contributed by atoms with van der Waals surface area (Å²) in [6.07, 6.45) is 6.33. The van der Waals surface area contributed by atoms with Gasteiger partial charge >= 0.3 is 5.97 Å². The lowest BCUT2D eigenvalue weighted by atomic mass is 9.95. The van der Waals surface area contributed by atoms with Crippen molar-refractivity contribution < 1.29 is 19.4 Å². The van der Waals surface area contributed by atoms with E-state index in [0.717, 1.165) is 32.5 Å². The maximum atomic E-state index is 11.8. The van der Waals surface area contributed by atoms with E-state index in [1.807, 2.05) is 0 Å². The molecule has 7 nitrogen and oxygen atoms in total. The van der Waals surface area contributed by atoms with E-state index in [-0.39, 0.29) is 12.5 Å². The van der Waals surface area contributed by atoms with E-state index in [0.29, 0.717) is 18.0 Å². The van der Waals surface area contributed by atoms with Crippen LogP contribution in [0.5, 0.6) is 0 Å². The molecule has 0 spiro atoms. The Morgan fingerprint density at radius 1 is 1.45 bits per heavy atom. The van der Waals surface area contributed by atoms with Gasteiger partial charge in [-0.2, -0.15) is 5.10 Å². The molecular weight excluding hydrogens is 262 g/mol. The maximum Gasteiger partial charge on any atom is 0.325 e. The van der Waals surface area contributed by atoms with E-state index in [1.165, 1.54) is 17.1 Å². The zero-order chi connectivity index (χ0) is 14.4. The Morgan fingerprint density at radius 2 is 2.20 bits per heavy atom. The molecule has 0 aliphatic carbocycles. The number of carboxylic acid groups (broad SMARTS) is 1. The second kappa shape index (κ2) is 7.04. The third kappa shape index (κ3) is 4.65. The number of rotatable bonds is 6. The molecular formula is C13H19N3O4. The number of hydrogen-bond donors (Lipinski definition) is 2. The van der Waals surface area contributed by atoms with Gasteiger partial charge in [0, 0.05) is 25.8 Å². The van der Waals surface area contributed by atoms with Crippen LogP contribution >= 0.6 is 0 Å². The number of nitrogens with zero attached hydrogens (tertiary/aromatic N) is 2. The summed E-state index contributed by atoms with van der Waals surface area (Å²) >= 11 is 0. The lowest BCUT2D eigenvalue weighted by Crippen LogP contribution is -2.18. The lowest BCUT2D eigenvalue weighted by Gasteiger charge is -2.21. The van der Waals surface area contributed by atoms with Gasteiger partial charge in [-0.25, -0.2) is 0 Å². The van der Waals surface area contributed by atoms with Gasteiger partial charge in [-0.1, -0.05) is 0 Å². The van der Waals surface area contributed by atoms with Crippen LogP contribution in [0.1, 0.15) is 25.7 Å². The second-order valence-corrected chi connectivity index (χ2v) is 4.96. The smallest absolute Gasteiger partial charge is 0.325 e. The molecule has 1 aliphatic heterocycles. The first-order valence-electron chi connectivity index (χ1n) is 6.75. The van der Waals surface area contributed by atoms with Crippen molar-refractivity contribution in [2.45, 2.75) is 32.2 Å². The predicted octanol–water partition coefficient (Wildman–Crippen LogP) is 1.11. The summed E-state index contributed by atoms with van der Waals surface area (Å²) in [5.41, 5.74) is 0.531. The van der Waals surface area contributed by atoms with Gasteiger partial charge in [-0.3, -0.25) is 14.3 Å². The topological polar surface area (TPSA) is 93.5 Å². The van der Waals surface area contributed by atoms with Crippen molar-refractivity contribution in [2.75, 3.05) is 18.5 Å². The molecule has 7 heteroatoms. The fourth-order valence-corrected chi connectivity index (χ4v) is 2.25. The molecule has 2 rings (SSSR count). The first kappa shape index (κ1) is 14.5. The number of hydrogen-bond acceptors (Lipinski definition) is 4. The molecule has 1 aromatic rings. The van der Waals surface area contributed by atoms with E-state index in [2.05, 4.69) is 10.4 Å². The number of nitrogens with one attached hydrogen (secondary N) is 1. The Hall–Kier alpha value is -1.89. The molecule has 0 bridgehead atoms. The molecule has 0 atom stereocenters. The van der Waals surface area contributed by atoms with Crippen LogP contribution in [0.2, 0.25) is 0 Å². The number of aliphatic carboxylic acids is 1. The Labute approximate surface area is 116 Å². The zero-order valence-corrected chi connectivity index (χ0v) is 11.2. The minimum atomic E-state index is -0.967. The zero-order valence-electron chi connectivity index (χ0n) is 11.2. The predicted molar refractivity (Wildman–Crippen MR) is 71.3 cm³/mol. The van der Waals surface area contributed by atoms with Crippen molar-refractivity contribution in [3.05, 3.63) is 12.4 Å². The van der Waals surface area contributed by atoms with Gasteiger partial charge in [-0.05, 0) is 25.2 Å². The van der Waals surface area contributed by atoms with Crippen molar-refractivity contribution in [3.8, 4) is 0 Å². The fourth-order valence-electron chi connectivity index (χ4n) is 2.25. The number of carboxylic acids is 1. The van der Waals surface area contributed by atoms with Crippen molar-refractivity contribution in [1.29, 1.82) is 0 Å². The summed E-state index contributed by atoms with van der Waals surface area (Å²) in [6, 6.07) is 0. The van der Waals surface area contributed by atoms with Crippen LogP contribution in [0.3, 0.4) is 0 Å². The minimum absolute atomic E-state index is 0.0635. The average molecular weight is 281 g/mol. The van der Waals surface area contributed by atoms with Gasteiger partial charge in [0.2, 0.25) is 5.91 Å². The largest absolute Gasteiger partial charge is 0.480 e. The van der Waals surface area contributed by atoms with E-state index >= 15 is 0 Å². The van der Waals surface area contributed by atoms with Crippen molar-refractivity contribution in [3.63, 3.8) is 0 Å². The van der Waals surface area contributed by atoms with Gasteiger partial charge in [0.25, 0.3) is 0 Å². The van der Waals surface area contributed by atoms with Crippen molar-refractivity contribution in [1.82, 2.24) is 9.78 Å². The number of ether oxygens (including phenoxy) is 1. The van der Waals surface area contributed by atoms with Crippen LogP contribution in [-0.4, -0.2) is 40.0 Å². The van der Waals surface area contributed by atoms with Crippen LogP contribution < -0.4 is 5.32 Å². The van der Waals surface area contributed by atoms with Crippen LogP contribution in [-0.2, 0) is 20.9 Å². The summed E-state index contributed by atoms with van der Waals surface area (Å²) in [4.78, 5) is 22.3. The molecule has 1 saturated heterocycles. The summed E-state index contributed by atoms with van der Waals surface area (Å²) in [6.45, 7) is 1.36. The average Bonchev–Trinajstić information content (AvgIpc) is 2.84. The molecule has 20 heavy (non-hydrogen) atoms. The van der Waals surface area contributed by atoms with E-state index in [1.54, 1.807) is 0 Å². The summed E-state index contributed by atoms with van der Waals surface area (Å²) < 4.78 is 6.55. The van der Waals surface area contributed by atoms with Gasteiger partial charge in [0.15, 0.2) is 0 Å². The van der Waals surface area contributed by atoms with Crippen molar-refractivity contribution >= 4 is 17.6 Å². The lowest BCUT2D eigenvalue weighted by molar-refractivity contribution is -0.137. The number of aromatic nitrogens is 2. The van der Waals surface area contributed by atoms with Crippen LogP contribution in [0, 0.1) is 5.92 Å². The Bertz CT molecular complexity index is 466. The summed E-state index contributed by atoms with van der Waals surface area (Å²) in [5.74, 6) is -0.471. The van der Waals surface area contributed by atoms with E-state index in [4.69, 9.17) is 9.84 Å². The molecule has 1 fully saturated rings. The highest BCUT2D eigenvalue weighted by atomic mass is 16.5. The molecule has 0 aromatic carbocycles. The number of carbonyl (C=O) groups is 2. The highest BCUT2D eigenvalue weighted by molar-refractivity contribution is 5.90. The maximum absolute atomic E-state index is 11.8. The molecule has 0 unspecified atom stereocenters. The third-order valence-electron chi connectivity index (χ3n) is 3.33. The van der Waals surface area contributed by atoms with E-state index in [9.17, 15) is 9.59 Å². The molecule has 0 radical (unpaired) electrons. The van der Waals surface area contributed by atoms with Crippen LogP contribution in [0.25, 0.3) is 0 Å². The van der Waals surface area contributed by atoms with Gasteiger partial charge < -0.3 is 15.2 Å². The second-order valence-electron chi connectivity index (χ2n) is 4.96. The van der Waals surface area contributed by atoms with Crippen LogP contribution in [0.15, 0.2) is 12.4 Å². The van der Waals surface area contributed by atoms with Gasteiger partial charge in [0.1, 0.15) is 6.54 Å². The molecule has 2 heterocycles. The minimum Gasteiger partial charge on any atom is -0.480 e. The first-order valence-corrected chi connectivity index (χ1v) is 6.75. The molecule has 0 saturated carbocycles. The summed E-state index contributed by atoms with van der Waals surface area (Å²) in [7, 11) is 0. The molecule has 1 aliphatic rings. The highest BCUT2D eigenvalue weighted by Crippen LogP contribution is 2.20. The monoisotopic (exact) mass is 281 g/mol. The molecule has 110 valence electrons. The summed E-state index contributed by atoms with van der Waals surface area (Å²) in [5, 5.41) is 15.2. The number of carbonyl (C=O) groups excluding carboxylic acids is 1. The normalized spacial score (nSPS) is 16.0. The molecule has 1 aromatic heterocycles. The van der Waals surface area contributed by atoms with Gasteiger partial charge in [-0.15, -0.1) is 0 Å². The SMILES string of the molecule is O=C(O)Cn1cc(NC(=O)CCC2CCOCC2)cn1. The molecule has 1 amide bonds. The number of amides is 1. The number of anilines is 1. The fraction of sp³-hybridized carbons (Fsp3) is 0.615. The van der Waals surface area contributed by atoms with E-state index < -0.39 is 5.97 Å². The van der Waals surface area contributed by atoms with Gasteiger partial charge in [0.05, 0.1) is 11.9 Å². The third-order valence-corrected chi connectivity index (χ3v) is 3.33. The standard InChI is InChI=1S/C13H19N3O4/c17-12(2-1-10-3-5-20-6-4-10)15-11-7-14-16(8-11)9-13(18)19/h7-8,10H,1-6,9H2,(H,15,17)(H,18,19). The Morgan fingerprint density at radius 3 is 2.90 bits per heavy atom. The molecule has 2 N–H and O–H groups in total. The first-order chi connectivity index (χ1) is 9.63. The Kier molecular flexibility index (Phi) is 5.11. The highest BCUT2D eigenvalue weighted by Gasteiger charge is 2.15. The quantitative estimate of drug-likeness (QED) is 0.814. The Balaban J connectivity index is 1.73. The van der Waals surface area contributed by atoms with Crippen molar-refractivity contribution in [2.24, 2.45) is 5.92 Å². The van der Waals surface area contributed by atoms with Crippen LogP contribution in [0.4, 0.5) is 5.69 Å².